The van der Waals surface area contributed by atoms with Gasteiger partial charge in [0, 0.05) is 6.54 Å². The fourth-order valence-corrected chi connectivity index (χ4v) is 3.52. The zero-order chi connectivity index (χ0) is 14.0. The van der Waals surface area contributed by atoms with Crippen molar-refractivity contribution in [2.45, 2.75) is 57.2 Å². The Bertz CT molecular complexity index is 424. The Balaban J connectivity index is 2.39. The van der Waals surface area contributed by atoms with Gasteiger partial charge in [0.15, 0.2) is 0 Å². The van der Waals surface area contributed by atoms with Crippen molar-refractivity contribution in [2.24, 2.45) is 0 Å². The smallest absolute Gasteiger partial charge is 0.115 e. The Labute approximate surface area is 120 Å². The lowest BCUT2D eigenvalue weighted by Crippen LogP contribution is -2.51. The third-order valence-electron chi connectivity index (χ3n) is 4.51. The largest absolute Gasteiger partial charge is 0.385 e. The molecule has 0 bridgehead atoms. The fraction of sp³-hybridized carbons (Fsp3) is 0.786. The number of aliphatic hydroxyl groups is 1. The minimum Gasteiger partial charge on any atom is -0.385 e. The summed E-state index contributed by atoms with van der Waals surface area (Å²) in [7, 11) is 4.10. The second-order valence-electron chi connectivity index (χ2n) is 5.65. The normalized spacial score (nSPS) is 20.7. The highest BCUT2D eigenvalue weighted by Gasteiger charge is 2.43. The molecule has 1 saturated carbocycles. The molecular weight excluding hydrogens is 262 g/mol. The van der Waals surface area contributed by atoms with E-state index in [1.807, 2.05) is 11.6 Å². The number of aryl methyl sites for hydroxylation is 1. The highest BCUT2D eigenvalue weighted by atomic mass is 35.5. The summed E-state index contributed by atoms with van der Waals surface area (Å²) in [6.07, 6.45) is 6.63. The van der Waals surface area contributed by atoms with Gasteiger partial charge in [-0.05, 0) is 33.9 Å². The number of halogens is 1. The molecule has 1 aliphatic rings. The van der Waals surface area contributed by atoms with E-state index in [2.05, 4.69) is 24.1 Å². The predicted octanol–water partition coefficient (Wildman–Crippen LogP) is 2.85. The van der Waals surface area contributed by atoms with Crippen LogP contribution in [0.5, 0.6) is 0 Å². The van der Waals surface area contributed by atoms with Crippen LogP contribution in [0.3, 0.4) is 0 Å². The van der Waals surface area contributed by atoms with E-state index in [9.17, 15) is 5.11 Å². The van der Waals surface area contributed by atoms with Crippen LogP contribution in [0.15, 0.2) is 6.20 Å². The molecule has 0 saturated heterocycles. The first-order valence-corrected chi connectivity index (χ1v) is 7.47. The van der Waals surface area contributed by atoms with Crippen molar-refractivity contribution >= 4 is 11.6 Å². The molecule has 1 N–H and O–H groups in total. The number of aromatic nitrogens is 2. The monoisotopic (exact) mass is 285 g/mol. The number of rotatable bonds is 4. The van der Waals surface area contributed by atoms with Gasteiger partial charge in [-0.3, -0.25) is 4.68 Å². The van der Waals surface area contributed by atoms with Crippen LogP contribution in [-0.2, 0) is 6.54 Å². The van der Waals surface area contributed by atoms with Crippen molar-refractivity contribution in [1.29, 1.82) is 0 Å². The maximum absolute atomic E-state index is 11.0. The summed E-state index contributed by atoms with van der Waals surface area (Å²) in [5, 5.41) is 15.8. The zero-order valence-electron chi connectivity index (χ0n) is 12.1. The van der Waals surface area contributed by atoms with Gasteiger partial charge in [-0.1, -0.05) is 30.9 Å². The van der Waals surface area contributed by atoms with E-state index in [4.69, 9.17) is 11.6 Å². The molecule has 19 heavy (non-hydrogen) atoms. The number of aliphatic hydroxyl groups excluding tert-OH is 1. The standard InChI is InChI=1S/C14H24ClN3O/c1-4-18-12(11(15)10-16-18)13(19)14(17(2)3)8-6-5-7-9-14/h10,13,19H,4-9H2,1-3H3. The summed E-state index contributed by atoms with van der Waals surface area (Å²) in [6, 6.07) is 0. The van der Waals surface area contributed by atoms with Crippen LogP contribution in [0, 0.1) is 0 Å². The Morgan fingerprint density at radius 3 is 2.58 bits per heavy atom. The van der Waals surface area contributed by atoms with E-state index in [1.54, 1.807) is 6.20 Å². The lowest BCUT2D eigenvalue weighted by Gasteiger charge is -2.46. The molecule has 0 radical (unpaired) electrons. The van der Waals surface area contributed by atoms with Crippen molar-refractivity contribution in [2.75, 3.05) is 14.1 Å². The van der Waals surface area contributed by atoms with E-state index in [-0.39, 0.29) is 5.54 Å². The second-order valence-corrected chi connectivity index (χ2v) is 6.06. The van der Waals surface area contributed by atoms with Gasteiger partial charge < -0.3 is 10.0 Å². The highest BCUT2D eigenvalue weighted by molar-refractivity contribution is 6.31. The van der Waals surface area contributed by atoms with Crippen molar-refractivity contribution in [3.63, 3.8) is 0 Å². The van der Waals surface area contributed by atoms with Crippen molar-refractivity contribution < 1.29 is 5.11 Å². The number of hydrogen-bond donors (Lipinski definition) is 1. The third-order valence-corrected chi connectivity index (χ3v) is 4.80. The molecule has 1 aromatic heterocycles. The minimum atomic E-state index is -0.585. The molecule has 1 heterocycles. The molecular formula is C14H24ClN3O. The summed E-state index contributed by atoms with van der Waals surface area (Å²) in [4.78, 5) is 2.17. The van der Waals surface area contributed by atoms with Crippen molar-refractivity contribution in [3.8, 4) is 0 Å². The average Bonchev–Trinajstić information content (AvgIpc) is 2.79. The van der Waals surface area contributed by atoms with Gasteiger partial charge in [-0.2, -0.15) is 5.10 Å². The van der Waals surface area contributed by atoms with Crippen LogP contribution in [0.25, 0.3) is 0 Å². The van der Waals surface area contributed by atoms with E-state index < -0.39 is 6.10 Å². The van der Waals surface area contributed by atoms with Gasteiger partial charge in [0.25, 0.3) is 0 Å². The van der Waals surface area contributed by atoms with Crippen LogP contribution in [0.1, 0.15) is 50.8 Å². The number of nitrogens with zero attached hydrogens (tertiary/aromatic N) is 3. The molecule has 0 aromatic carbocycles. The quantitative estimate of drug-likeness (QED) is 0.925. The van der Waals surface area contributed by atoms with E-state index in [0.29, 0.717) is 5.02 Å². The van der Waals surface area contributed by atoms with Crippen molar-refractivity contribution in [1.82, 2.24) is 14.7 Å². The molecule has 0 amide bonds. The van der Waals surface area contributed by atoms with Gasteiger partial charge in [0.1, 0.15) is 6.10 Å². The maximum Gasteiger partial charge on any atom is 0.115 e. The van der Waals surface area contributed by atoms with Gasteiger partial charge in [-0.25, -0.2) is 0 Å². The summed E-state index contributed by atoms with van der Waals surface area (Å²) >= 11 is 6.24. The average molecular weight is 286 g/mol. The van der Waals surface area contributed by atoms with E-state index >= 15 is 0 Å². The van der Waals surface area contributed by atoms with Gasteiger partial charge >= 0.3 is 0 Å². The van der Waals surface area contributed by atoms with E-state index in [0.717, 1.165) is 37.9 Å². The van der Waals surface area contributed by atoms with Crippen LogP contribution >= 0.6 is 11.6 Å². The maximum atomic E-state index is 11.0. The fourth-order valence-electron chi connectivity index (χ4n) is 3.28. The molecule has 0 aliphatic heterocycles. The zero-order valence-corrected chi connectivity index (χ0v) is 12.8. The Morgan fingerprint density at radius 1 is 1.42 bits per heavy atom. The molecule has 1 aromatic rings. The van der Waals surface area contributed by atoms with Crippen molar-refractivity contribution in [3.05, 3.63) is 16.9 Å². The molecule has 5 heteroatoms. The number of hydrogen-bond acceptors (Lipinski definition) is 3. The summed E-state index contributed by atoms with van der Waals surface area (Å²) in [5.41, 5.74) is 0.550. The van der Waals surface area contributed by atoms with Gasteiger partial charge in [0.05, 0.1) is 22.5 Å². The SMILES string of the molecule is CCn1ncc(Cl)c1C(O)C1(N(C)C)CCCCC1. The topological polar surface area (TPSA) is 41.3 Å². The first-order chi connectivity index (χ1) is 9.03. The molecule has 1 fully saturated rings. The highest BCUT2D eigenvalue weighted by Crippen LogP contribution is 2.43. The summed E-state index contributed by atoms with van der Waals surface area (Å²) in [6.45, 7) is 2.74. The molecule has 108 valence electrons. The lowest BCUT2D eigenvalue weighted by atomic mass is 9.75. The summed E-state index contributed by atoms with van der Waals surface area (Å²) in [5.74, 6) is 0. The molecule has 1 aliphatic carbocycles. The second kappa shape index (κ2) is 5.81. The molecule has 0 spiro atoms. The van der Waals surface area contributed by atoms with Crippen LogP contribution < -0.4 is 0 Å². The Kier molecular flexibility index (Phi) is 4.54. The third kappa shape index (κ3) is 2.54. The van der Waals surface area contributed by atoms with E-state index in [1.165, 1.54) is 6.42 Å². The Morgan fingerprint density at radius 2 is 2.05 bits per heavy atom. The van der Waals surface area contributed by atoms with Crippen LogP contribution in [-0.4, -0.2) is 39.4 Å². The minimum absolute atomic E-state index is 0.213. The first-order valence-electron chi connectivity index (χ1n) is 7.09. The molecule has 2 rings (SSSR count). The van der Waals surface area contributed by atoms with Gasteiger partial charge in [0.2, 0.25) is 0 Å². The number of likely N-dealkylation sites (N-methyl/N-ethyl adjacent to an activating group) is 1. The Hall–Kier alpha value is -0.580. The summed E-state index contributed by atoms with van der Waals surface area (Å²) < 4.78 is 1.81. The van der Waals surface area contributed by atoms with Gasteiger partial charge in [-0.15, -0.1) is 0 Å². The predicted molar refractivity (Wildman–Crippen MR) is 77.4 cm³/mol. The van der Waals surface area contributed by atoms with Crippen LogP contribution in [0.4, 0.5) is 0 Å². The van der Waals surface area contributed by atoms with Crippen LogP contribution in [0.2, 0.25) is 5.02 Å². The molecule has 4 nitrogen and oxygen atoms in total. The molecule has 1 unspecified atom stereocenters. The lowest BCUT2D eigenvalue weighted by molar-refractivity contribution is -0.0378. The first kappa shape index (κ1) is 14.8. The molecule has 1 atom stereocenters.